The van der Waals surface area contributed by atoms with Crippen molar-refractivity contribution in [3.8, 4) is 17.4 Å². The Morgan fingerprint density at radius 2 is 1.64 bits per heavy atom. The van der Waals surface area contributed by atoms with Crippen molar-refractivity contribution in [1.29, 1.82) is 5.26 Å². The second-order valence-electron chi connectivity index (χ2n) is 6.90. The summed E-state index contributed by atoms with van der Waals surface area (Å²) < 4.78 is 15.9. The van der Waals surface area contributed by atoms with Gasteiger partial charge in [-0.3, -0.25) is 14.9 Å². The Bertz CT molecular complexity index is 1220. The van der Waals surface area contributed by atoms with Gasteiger partial charge >= 0.3 is 11.9 Å². The molecule has 1 N–H and O–H groups in total. The third-order valence-corrected chi connectivity index (χ3v) is 4.74. The molecule has 33 heavy (non-hydrogen) atoms. The van der Waals surface area contributed by atoms with E-state index in [9.17, 15) is 19.2 Å². The maximum atomic E-state index is 12.3. The normalized spacial score (nSPS) is 14.7. The number of rotatable bonds is 6. The van der Waals surface area contributed by atoms with Crippen molar-refractivity contribution in [3.63, 3.8) is 0 Å². The van der Waals surface area contributed by atoms with Crippen LogP contribution in [0.25, 0.3) is 17.4 Å². The number of nitrogens with zero attached hydrogens (tertiary/aromatic N) is 1. The number of hydrogen-bond acceptors (Lipinski definition) is 8. The van der Waals surface area contributed by atoms with E-state index in [1.807, 2.05) is 0 Å². The largest absolute Gasteiger partial charge is 0.462 e. The van der Waals surface area contributed by atoms with E-state index >= 15 is 0 Å². The molecule has 0 aliphatic carbocycles. The molecule has 0 radical (unpaired) electrons. The molecule has 2 heterocycles. The number of hydrogen-bond donors (Lipinski definition) is 1. The number of imide groups is 1. The molecular formula is C24H20N2O7. The van der Waals surface area contributed by atoms with Crippen LogP contribution >= 0.6 is 0 Å². The first kappa shape index (κ1) is 23.2. The number of amides is 2. The van der Waals surface area contributed by atoms with Crippen LogP contribution in [0.1, 0.15) is 47.2 Å². The summed E-state index contributed by atoms with van der Waals surface area (Å²) in [6.07, 6.45) is 1.40. The molecule has 0 saturated heterocycles. The highest BCUT2D eigenvalue weighted by Gasteiger charge is 2.28. The van der Waals surface area contributed by atoms with Crippen molar-refractivity contribution in [2.24, 2.45) is 0 Å². The lowest BCUT2D eigenvalue weighted by molar-refractivity contribution is -0.126. The molecular weight excluding hydrogens is 428 g/mol. The second kappa shape index (κ2) is 9.78. The molecule has 0 fully saturated rings. The number of nitriles is 1. The molecule has 168 valence electrons. The molecule has 0 saturated carbocycles. The minimum absolute atomic E-state index is 0.111. The van der Waals surface area contributed by atoms with E-state index in [1.165, 1.54) is 31.2 Å². The van der Waals surface area contributed by atoms with Gasteiger partial charge < -0.3 is 13.9 Å². The number of carbonyl (C=O) groups excluding carboxylic acids is 4. The fraction of sp³-hybridized carbons (Fsp3) is 0.208. The number of benzene rings is 1. The van der Waals surface area contributed by atoms with Crippen LogP contribution < -0.4 is 5.32 Å². The molecule has 3 rings (SSSR count). The van der Waals surface area contributed by atoms with E-state index in [1.54, 1.807) is 32.0 Å². The minimum atomic E-state index is -0.750. The summed E-state index contributed by atoms with van der Waals surface area (Å²) in [5.74, 6) is -2.03. The fourth-order valence-corrected chi connectivity index (χ4v) is 3.18. The maximum absolute atomic E-state index is 12.3. The summed E-state index contributed by atoms with van der Waals surface area (Å²) in [5, 5.41) is 11.3. The predicted molar refractivity (Wildman–Crippen MR) is 115 cm³/mol. The van der Waals surface area contributed by atoms with Gasteiger partial charge in [-0.25, -0.2) is 9.59 Å². The number of nitrogens with one attached hydrogen (secondary N) is 1. The Labute approximate surface area is 189 Å². The van der Waals surface area contributed by atoms with Gasteiger partial charge in [-0.05, 0) is 62.8 Å². The molecule has 0 spiro atoms. The van der Waals surface area contributed by atoms with Crippen LogP contribution in [-0.4, -0.2) is 37.0 Å². The average Bonchev–Trinajstić information content (AvgIpc) is 3.25. The number of furan rings is 1. The van der Waals surface area contributed by atoms with E-state index in [0.29, 0.717) is 11.3 Å². The third kappa shape index (κ3) is 4.91. The zero-order valence-electron chi connectivity index (χ0n) is 18.2. The zero-order chi connectivity index (χ0) is 24.1. The van der Waals surface area contributed by atoms with Crippen LogP contribution in [-0.2, 0) is 19.1 Å². The van der Waals surface area contributed by atoms with Gasteiger partial charge in [0.1, 0.15) is 23.2 Å². The third-order valence-electron chi connectivity index (χ3n) is 4.74. The van der Waals surface area contributed by atoms with Crippen LogP contribution in [0.3, 0.4) is 0 Å². The van der Waals surface area contributed by atoms with E-state index in [0.717, 1.165) is 0 Å². The van der Waals surface area contributed by atoms with Crippen LogP contribution in [0.4, 0.5) is 0 Å². The minimum Gasteiger partial charge on any atom is -0.462 e. The fourth-order valence-electron chi connectivity index (χ4n) is 3.18. The Morgan fingerprint density at radius 3 is 2.18 bits per heavy atom. The summed E-state index contributed by atoms with van der Waals surface area (Å²) in [4.78, 5) is 48.5. The number of carbonyl (C=O) groups is 4. The van der Waals surface area contributed by atoms with Crippen LogP contribution in [0, 0.1) is 11.3 Å². The van der Waals surface area contributed by atoms with Gasteiger partial charge in [-0.2, -0.15) is 5.26 Å². The molecule has 1 aromatic heterocycles. The SMILES string of the molecule is CCOC(=O)c1cc(C(=O)OCC)cc(-c2ccc(/C=C3\C(=O)NC(=O)C(C#N)=C3C)o2)c1. The lowest BCUT2D eigenvalue weighted by atomic mass is 9.96. The summed E-state index contributed by atoms with van der Waals surface area (Å²) in [6, 6.07) is 9.37. The van der Waals surface area contributed by atoms with Crippen LogP contribution in [0.15, 0.2) is 51.5 Å². The zero-order valence-corrected chi connectivity index (χ0v) is 18.2. The molecule has 9 heteroatoms. The van der Waals surface area contributed by atoms with Crippen molar-refractivity contribution in [2.45, 2.75) is 20.8 Å². The topological polar surface area (TPSA) is 136 Å². The molecule has 1 aromatic carbocycles. The van der Waals surface area contributed by atoms with Gasteiger partial charge in [0.2, 0.25) is 0 Å². The van der Waals surface area contributed by atoms with E-state index in [2.05, 4.69) is 5.32 Å². The highest BCUT2D eigenvalue weighted by atomic mass is 16.5. The lowest BCUT2D eigenvalue weighted by Gasteiger charge is -2.15. The Kier molecular flexibility index (Phi) is 6.88. The van der Waals surface area contributed by atoms with E-state index in [4.69, 9.17) is 19.2 Å². The highest BCUT2D eigenvalue weighted by Crippen LogP contribution is 2.28. The first-order chi connectivity index (χ1) is 15.8. The summed E-state index contributed by atoms with van der Waals surface area (Å²) in [5.41, 5.74) is 0.903. The smallest absolute Gasteiger partial charge is 0.338 e. The Hall–Kier alpha value is -4.45. The van der Waals surface area contributed by atoms with Gasteiger partial charge in [-0.1, -0.05) is 0 Å². The Morgan fingerprint density at radius 1 is 1.03 bits per heavy atom. The number of ether oxygens (including phenoxy) is 2. The average molecular weight is 448 g/mol. The van der Waals surface area contributed by atoms with Crippen LogP contribution in [0.2, 0.25) is 0 Å². The predicted octanol–water partition coefficient (Wildman–Crippen LogP) is 3.18. The standard InChI is InChI=1S/C24H20N2O7/c1-4-31-23(29)15-8-14(9-16(10-15)24(30)32-5-2)20-7-6-17(33-20)11-18-13(3)19(12-25)22(28)26-21(18)27/h6-11H,4-5H2,1-3H3,(H,26,27,28)/b18-11-. The van der Waals surface area contributed by atoms with Gasteiger partial charge in [0.15, 0.2) is 0 Å². The van der Waals surface area contributed by atoms with E-state index in [-0.39, 0.29) is 46.8 Å². The van der Waals surface area contributed by atoms with Crippen molar-refractivity contribution in [2.75, 3.05) is 13.2 Å². The highest BCUT2D eigenvalue weighted by molar-refractivity contribution is 6.19. The molecule has 0 unspecified atom stereocenters. The molecule has 0 atom stereocenters. The monoisotopic (exact) mass is 448 g/mol. The molecule has 2 amide bonds. The second-order valence-corrected chi connectivity index (χ2v) is 6.90. The molecule has 1 aliphatic rings. The van der Waals surface area contributed by atoms with Crippen molar-refractivity contribution in [3.05, 3.63) is 63.9 Å². The van der Waals surface area contributed by atoms with Crippen molar-refractivity contribution in [1.82, 2.24) is 5.32 Å². The lowest BCUT2D eigenvalue weighted by Crippen LogP contribution is -2.37. The summed E-state index contributed by atoms with van der Waals surface area (Å²) >= 11 is 0. The quantitative estimate of drug-likeness (QED) is 0.404. The number of esters is 2. The summed E-state index contributed by atoms with van der Waals surface area (Å²) in [7, 11) is 0. The van der Waals surface area contributed by atoms with Crippen molar-refractivity contribution < 1.29 is 33.1 Å². The van der Waals surface area contributed by atoms with Gasteiger partial charge in [-0.15, -0.1) is 0 Å². The van der Waals surface area contributed by atoms with Crippen LogP contribution in [0.5, 0.6) is 0 Å². The van der Waals surface area contributed by atoms with Gasteiger partial charge in [0.05, 0.1) is 24.3 Å². The molecule has 2 aromatic rings. The van der Waals surface area contributed by atoms with Crippen molar-refractivity contribution >= 4 is 29.8 Å². The van der Waals surface area contributed by atoms with Gasteiger partial charge in [0, 0.05) is 11.1 Å². The molecule has 1 aliphatic heterocycles. The first-order valence-corrected chi connectivity index (χ1v) is 10.1. The maximum Gasteiger partial charge on any atom is 0.338 e. The summed E-state index contributed by atoms with van der Waals surface area (Å²) in [6.45, 7) is 5.17. The Balaban J connectivity index is 2.04. The van der Waals surface area contributed by atoms with Gasteiger partial charge in [0.25, 0.3) is 11.8 Å². The van der Waals surface area contributed by atoms with E-state index < -0.39 is 23.8 Å². The first-order valence-electron chi connectivity index (χ1n) is 10.1. The molecule has 0 bridgehead atoms. The molecule has 9 nitrogen and oxygen atoms in total.